The third kappa shape index (κ3) is 5.43. The van der Waals surface area contributed by atoms with Gasteiger partial charge in [0.2, 0.25) is 5.91 Å². The quantitative estimate of drug-likeness (QED) is 0.810. The molecule has 0 bridgehead atoms. The number of oxazole rings is 1. The molecular formula is C18H24N2O3. The van der Waals surface area contributed by atoms with Gasteiger partial charge in [-0.15, -0.1) is 0 Å². The maximum atomic E-state index is 11.8. The highest BCUT2D eigenvalue weighted by molar-refractivity contribution is 5.76. The van der Waals surface area contributed by atoms with Gasteiger partial charge in [0.15, 0.2) is 11.7 Å². The molecule has 124 valence electrons. The lowest BCUT2D eigenvalue weighted by Gasteiger charge is -2.06. The first kappa shape index (κ1) is 17.1. The second-order valence-electron chi connectivity index (χ2n) is 5.88. The summed E-state index contributed by atoms with van der Waals surface area (Å²) in [6, 6.07) is 7.59. The summed E-state index contributed by atoms with van der Waals surface area (Å²) in [4.78, 5) is 16.0. The lowest BCUT2D eigenvalue weighted by molar-refractivity contribution is -0.121. The second kappa shape index (κ2) is 8.36. The minimum atomic E-state index is 0.0369. The summed E-state index contributed by atoms with van der Waals surface area (Å²) in [5.41, 5.74) is 0.936. The Kier molecular flexibility index (Phi) is 6.20. The highest BCUT2D eigenvalue weighted by atomic mass is 16.5. The molecule has 0 saturated carbocycles. The van der Waals surface area contributed by atoms with Crippen LogP contribution in [0.3, 0.4) is 0 Å². The van der Waals surface area contributed by atoms with Crippen LogP contribution in [-0.4, -0.2) is 24.5 Å². The number of amides is 1. The number of carbonyl (C=O) groups excluding carboxylic acids is 1. The zero-order chi connectivity index (χ0) is 16.7. The van der Waals surface area contributed by atoms with Crippen molar-refractivity contribution in [2.75, 3.05) is 13.7 Å². The normalized spacial score (nSPS) is 10.8. The highest BCUT2D eigenvalue weighted by Gasteiger charge is 2.09. The van der Waals surface area contributed by atoms with Gasteiger partial charge in [-0.05, 0) is 36.6 Å². The molecule has 1 heterocycles. The van der Waals surface area contributed by atoms with E-state index in [0.717, 1.165) is 24.3 Å². The summed E-state index contributed by atoms with van der Waals surface area (Å²) < 4.78 is 10.8. The Morgan fingerprint density at radius 3 is 2.70 bits per heavy atom. The van der Waals surface area contributed by atoms with Crippen LogP contribution in [0.15, 0.2) is 34.9 Å². The minimum Gasteiger partial charge on any atom is -0.497 e. The number of carbonyl (C=O) groups is 1. The second-order valence-corrected chi connectivity index (χ2v) is 5.88. The Morgan fingerprint density at radius 1 is 1.30 bits per heavy atom. The van der Waals surface area contributed by atoms with E-state index in [1.807, 2.05) is 24.3 Å². The van der Waals surface area contributed by atoms with Crippen LogP contribution in [0.2, 0.25) is 0 Å². The van der Waals surface area contributed by atoms with Gasteiger partial charge in [0, 0.05) is 24.9 Å². The van der Waals surface area contributed by atoms with E-state index >= 15 is 0 Å². The van der Waals surface area contributed by atoms with Crippen LogP contribution in [-0.2, 0) is 11.2 Å². The number of hydrogen-bond donors (Lipinski definition) is 1. The fourth-order valence-electron chi connectivity index (χ4n) is 2.12. The van der Waals surface area contributed by atoms with Gasteiger partial charge in [-0.3, -0.25) is 4.79 Å². The van der Waals surface area contributed by atoms with E-state index in [1.165, 1.54) is 0 Å². The van der Waals surface area contributed by atoms with Crippen molar-refractivity contribution in [3.05, 3.63) is 36.4 Å². The van der Waals surface area contributed by atoms with Crippen molar-refractivity contribution in [3.63, 3.8) is 0 Å². The van der Waals surface area contributed by atoms with Crippen molar-refractivity contribution in [1.82, 2.24) is 10.3 Å². The molecule has 0 atom stereocenters. The number of methoxy groups -OCH3 is 1. The summed E-state index contributed by atoms with van der Waals surface area (Å²) in [5.74, 6) is 2.70. The molecule has 1 amide bonds. The molecule has 0 aliphatic heterocycles. The molecule has 0 spiro atoms. The average molecular weight is 316 g/mol. The van der Waals surface area contributed by atoms with E-state index in [-0.39, 0.29) is 5.91 Å². The van der Waals surface area contributed by atoms with Crippen molar-refractivity contribution in [3.8, 4) is 17.1 Å². The zero-order valence-corrected chi connectivity index (χ0v) is 14.0. The Hall–Kier alpha value is -2.30. The highest BCUT2D eigenvalue weighted by Crippen LogP contribution is 2.23. The molecule has 2 aromatic rings. The maximum Gasteiger partial charge on any atom is 0.220 e. The number of ether oxygens (including phenoxy) is 1. The molecular weight excluding hydrogens is 292 g/mol. The molecule has 23 heavy (non-hydrogen) atoms. The number of nitrogens with one attached hydrogen (secondary N) is 1. The van der Waals surface area contributed by atoms with Crippen LogP contribution in [0.1, 0.15) is 32.6 Å². The van der Waals surface area contributed by atoms with Crippen molar-refractivity contribution in [2.24, 2.45) is 5.92 Å². The fraction of sp³-hybridized carbons (Fsp3) is 0.444. The standard InChI is InChI=1S/C18H24N2O3/c1-13(2)10-11-19-17(21)8-9-18-20-12-16(23-18)14-4-6-15(22-3)7-5-14/h4-7,12-13H,8-11H2,1-3H3,(H,19,21). The Bertz CT molecular complexity index is 617. The summed E-state index contributed by atoms with van der Waals surface area (Å²) in [6.07, 6.45) is 3.57. The van der Waals surface area contributed by atoms with E-state index < -0.39 is 0 Å². The van der Waals surface area contributed by atoms with Gasteiger partial charge in [0.05, 0.1) is 13.3 Å². The molecule has 0 aliphatic rings. The molecule has 1 N–H and O–H groups in total. The number of aryl methyl sites for hydroxylation is 1. The minimum absolute atomic E-state index is 0.0369. The largest absolute Gasteiger partial charge is 0.497 e. The van der Waals surface area contributed by atoms with E-state index in [2.05, 4.69) is 24.1 Å². The molecule has 0 fully saturated rings. The first-order valence-corrected chi connectivity index (χ1v) is 7.94. The summed E-state index contributed by atoms with van der Waals surface area (Å²) >= 11 is 0. The van der Waals surface area contributed by atoms with E-state index in [9.17, 15) is 4.79 Å². The topological polar surface area (TPSA) is 64.4 Å². The SMILES string of the molecule is COc1ccc(-c2cnc(CCC(=O)NCCC(C)C)o2)cc1. The van der Waals surface area contributed by atoms with Crippen LogP contribution in [0.5, 0.6) is 5.75 Å². The van der Waals surface area contributed by atoms with E-state index in [0.29, 0.717) is 30.4 Å². The van der Waals surface area contributed by atoms with Gasteiger partial charge in [0.25, 0.3) is 0 Å². The van der Waals surface area contributed by atoms with E-state index in [4.69, 9.17) is 9.15 Å². The van der Waals surface area contributed by atoms with Crippen LogP contribution in [0.25, 0.3) is 11.3 Å². The summed E-state index contributed by atoms with van der Waals surface area (Å²) in [7, 11) is 1.63. The lowest BCUT2D eigenvalue weighted by Crippen LogP contribution is -2.25. The summed E-state index contributed by atoms with van der Waals surface area (Å²) in [6.45, 7) is 5.00. The molecule has 5 heteroatoms. The van der Waals surface area contributed by atoms with Gasteiger partial charge in [-0.1, -0.05) is 13.8 Å². The molecule has 0 radical (unpaired) electrons. The van der Waals surface area contributed by atoms with Crippen molar-refractivity contribution >= 4 is 5.91 Å². The van der Waals surface area contributed by atoms with Gasteiger partial charge >= 0.3 is 0 Å². The number of rotatable bonds is 8. The number of benzene rings is 1. The first-order chi connectivity index (χ1) is 11.1. The molecule has 0 saturated heterocycles. The van der Waals surface area contributed by atoms with E-state index in [1.54, 1.807) is 13.3 Å². The average Bonchev–Trinajstić information content (AvgIpc) is 3.01. The Labute approximate surface area is 137 Å². The fourth-order valence-corrected chi connectivity index (χ4v) is 2.12. The monoisotopic (exact) mass is 316 g/mol. The van der Waals surface area contributed by atoms with Crippen LogP contribution in [0.4, 0.5) is 0 Å². The molecule has 2 rings (SSSR count). The third-order valence-corrected chi connectivity index (χ3v) is 3.54. The molecule has 0 unspecified atom stereocenters. The number of hydrogen-bond acceptors (Lipinski definition) is 4. The number of nitrogens with zero attached hydrogens (tertiary/aromatic N) is 1. The predicted octanol–water partition coefficient (Wildman–Crippen LogP) is 3.45. The van der Waals surface area contributed by atoms with Crippen LogP contribution in [0, 0.1) is 5.92 Å². The van der Waals surface area contributed by atoms with Crippen LogP contribution < -0.4 is 10.1 Å². The third-order valence-electron chi connectivity index (χ3n) is 3.54. The van der Waals surface area contributed by atoms with Crippen molar-refractivity contribution in [2.45, 2.75) is 33.1 Å². The zero-order valence-electron chi connectivity index (χ0n) is 14.0. The van der Waals surface area contributed by atoms with Crippen molar-refractivity contribution in [1.29, 1.82) is 0 Å². The van der Waals surface area contributed by atoms with Gasteiger partial charge in [-0.2, -0.15) is 0 Å². The predicted molar refractivity (Wildman–Crippen MR) is 89.3 cm³/mol. The summed E-state index contributed by atoms with van der Waals surface area (Å²) in [5, 5.41) is 2.91. The molecule has 0 aliphatic carbocycles. The molecule has 5 nitrogen and oxygen atoms in total. The lowest BCUT2D eigenvalue weighted by atomic mass is 10.1. The smallest absolute Gasteiger partial charge is 0.220 e. The molecule has 1 aromatic carbocycles. The maximum absolute atomic E-state index is 11.8. The van der Waals surface area contributed by atoms with Gasteiger partial charge < -0.3 is 14.5 Å². The Balaban J connectivity index is 1.83. The van der Waals surface area contributed by atoms with Crippen molar-refractivity contribution < 1.29 is 13.9 Å². The van der Waals surface area contributed by atoms with Gasteiger partial charge in [-0.25, -0.2) is 4.98 Å². The first-order valence-electron chi connectivity index (χ1n) is 7.94. The van der Waals surface area contributed by atoms with Gasteiger partial charge in [0.1, 0.15) is 5.75 Å². The number of aromatic nitrogens is 1. The van der Waals surface area contributed by atoms with Crippen LogP contribution >= 0.6 is 0 Å². The Morgan fingerprint density at radius 2 is 2.04 bits per heavy atom. The molecule has 1 aromatic heterocycles.